The Morgan fingerprint density at radius 1 is 1.05 bits per heavy atom. The molecule has 0 bridgehead atoms. The third-order valence-corrected chi connectivity index (χ3v) is 3.35. The fraction of sp³-hybridized carbons (Fsp3) is 0.278. The molecule has 0 heterocycles. The Labute approximate surface area is 131 Å². The molecule has 0 fully saturated rings. The quantitative estimate of drug-likeness (QED) is 0.834. The van der Waals surface area contributed by atoms with Gasteiger partial charge in [0, 0.05) is 5.56 Å². The molecule has 4 nitrogen and oxygen atoms in total. The molecule has 1 N–H and O–H groups in total. The van der Waals surface area contributed by atoms with Crippen LogP contribution >= 0.6 is 0 Å². The van der Waals surface area contributed by atoms with E-state index < -0.39 is 0 Å². The van der Waals surface area contributed by atoms with Crippen LogP contribution in [0.15, 0.2) is 42.5 Å². The van der Waals surface area contributed by atoms with Gasteiger partial charge in [0.25, 0.3) is 5.91 Å². The summed E-state index contributed by atoms with van der Waals surface area (Å²) >= 11 is 0. The molecule has 22 heavy (non-hydrogen) atoms. The third-order valence-electron chi connectivity index (χ3n) is 3.35. The summed E-state index contributed by atoms with van der Waals surface area (Å²) in [5, 5.41) is 2.87. The predicted octanol–water partition coefficient (Wildman–Crippen LogP) is 3.12. The zero-order chi connectivity index (χ0) is 15.9. The molecule has 2 rings (SSSR count). The van der Waals surface area contributed by atoms with Gasteiger partial charge in [0.05, 0.1) is 13.7 Å². The van der Waals surface area contributed by atoms with E-state index in [0.29, 0.717) is 18.7 Å². The van der Waals surface area contributed by atoms with Crippen molar-refractivity contribution in [2.75, 3.05) is 20.3 Å². The van der Waals surface area contributed by atoms with Gasteiger partial charge in [-0.15, -0.1) is 0 Å². The summed E-state index contributed by atoms with van der Waals surface area (Å²) in [4.78, 5) is 12.1. The Hall–Kier alpha value is -2.49. The fourth-order valence-electron chi connectivity index (χ4n) is 2.08. The largest absolute Gasteiger partial charge is 0.497 e. The van der Waals surface area contributed by atoms with Crippen LogP contribution in [0.5, 0.6) is 11.5 Å². The van der Waals surface area contributed by atoms with Crippen LogP contribution in [0.3, 0.4) is 0 Å². The molecule has 0 saturated heterocycles. The van der Waals surface area contributed by atoms with Crippen molar-refractivity contribution in [1.82, 2.24) is 5.32 Å². The van der Waals surface area contributed by atoms with Crippen LogP contribution in [-0.2, 0) is 0 Å². The Kier molecular flexibility index (Phi) is 5.42. The first-order valence-electron chi connectivity index (χ1n) is 7.22. The molecule has 0 aliphatic rings. The molecule has 2 aromatic carbocycles. The van der Waals surface area contributed by atoms with Crippen molar-refractivity contribution in [3.8, 4) is 11.5 Å². The Morgan fingerprint density at radius 2 is 1.73 bits per heavy atom. The summed E-state index contributed by atoms with van der Waals surface area (Å²) in [6.45, 7) is 4.78. The summed E-state index contributed by atoms with van der Waals surface area (Å²) in [5.74, 6) is 1.47. The number of aryl methyl sites for hydroxylation is 2. The minimum Gasteiger partial charge on any atom is -0.497 e. The summed E-state index contributed by atoms with van der Waals surface area (Å²) in [5.41, 5.74) is 2.76. The minimum atomic E-state index is -0.0699. The summed E-state index contributed by atoms with van der Waals surface area (Å²) in [6.07, 6.45) is 0. The van der Waals surface area contributed by atoms with Crippen LogP contribution in [0.1, 0.15) is 21.5 Å². The molecule has 0 atom stereocenters. The van der Waals surface area contributed by atoms with Gasteiger partial charge in [0.2, 0.25) is 0 Å². The highest BCUT2D eigenvalue weighted by atomic mass is 16.5. The maximum absolute atomic E-state index is 12.1. The highest BCUT2D eigenvalue weighted by molar-refractivity contribution is 5.95. The van der Waals surface area contributed by atoms with Crippen LogP contribution in [0, 0.1) is 13.8 Å². The lowest BCUT2D eigenvalue weighted by Gasteiger charge is -2.10. The van der Waals surface area contributed by atoms with Crippen molar-refractivity contribution in [3.63, 3.8) is 0 Å². The highest BCUT2D eigenvalue weighted by Crippen LogP contribution is 2.16. The molecule has 4 heteroatoms. The van der Waals surface area contributed by atoms with Crippen LogP contribution in [0.4, 0.5) is 0 Å². The number of rotatable bonds is 6. The third kappa shape index (κ3) is 4.25. The van der Waals surface area contributed by atoms with E-state index in [1.54, 1.807) is 7.11 Å². The first-order valence-corrected chi connectivity index (χ1v) is 7.22. The number of benzene rings is 2. The number of ether oxygens (including phenoxy) is 2. The second-order valence-electron chi connectivity index (χ2n) is 5.10. The smallest absolute Gasteiger partial charge is 0.251 e. The molecule has 0 unspecified atom stereocenters. The topological polar surface area (TPSA) is 47.6 Å². The number of amides is 1. The van der Waals surface area contributed by atoms with Gasteiger partial charge >= 0.3 is 0 Å². The molecule has 0 aliphatic carbocycles. The SMILES string of the molecule is COc1ccc(OCCNC(=O)c2cc(C)ccc2C)cc1. The predicted molar refractivity (Wildman–Crippen MR) is 86.7 cm³/mol. The number of hydrogen-bond acceptors (Lipinski definition) is 3. The van der Waals surface area contributed by atoms with E-state index in [4.69, 9.17) is 9.47 Å². The molecule has 0 aliphatic heterocycles. The van der Waals surface area contributed by atoms with Crippen LogP contribution in [-0.4, -0.2) is 26.2 Å². The zero-order valence-corrected chi connectivity index (χ0v) is 13.2. The number of methoxy groups -OCH3 is 1. The van der Waals surface area contributed by atoms with Crippen molar-refractivity contribution >= 4 is 5.91 Å². The van der Waals surface area contributed by atoms with Crippen LogP contribution < -0.4 is 14.8 Å². The fourth-order valence-corrected chi connectivity index (χ4v) is 2.08. The maximum Gasteiger partial charge on any atom is 0.251 e. The average molecular weight is 299 g/mol. The van der Waals surface area contributed by atoms with Crippen LogP contribution in [0.25, 0.3) is 0 Å². The second-order valence-corrected chi connectivity index (χ2v) is 5.10. The van der Waals surface area contributed by atoms with Gasteiger partial charge < -0.3 is 14.8 Å². The van der Waals surface area contributed by atoms with Gasteiger partial charge in [0.15, 0.2) is 0 Å². The van der Waals surface area contributed by atoms with Crippen molar-refractivity contribution < 1.29 is 14.3 Å². The molecule has 116 valence electrons. The van der Waals surface area contributed by atoms with Crippen molar-refractivity contribution in [1.29, 1.82) is 0 Å². The lowest BCUT2D eigenvalue weighted by Crippen LogP contribution is -2.28. The molecule has 0 aromatic heterocycles. The van der Waals surface area contributed by atoms with E-state index in [2.05, 4.69) is 5.32 Å². The molecule has 2 aromatic rings. The van der Waals surface area contributed by atoms with Gasteiger partial charge in [-0.1, -0.05) is 17.7 Å². The van der Waals surface area contributed by atoms with E-state index in [1.807, 2.05) is 56.3 Å². The lowest BCUT2D eigenvalue weighted by molar-refractivity contribution is 0.0946. The first kappa shape index (κ1) is 15.9. The Bertz CT molecular complexity index is 635. The standard InChI is InChI=1S/C18H21NO3/c1-13-4-5-14(2)17(12-13)18(20)19-10-11-22-16-8-6-15(21-3)7-9-16/h4-9,12H,10-11H2,1-3H3,(H,19,20). The molecular weight excluding hydrogens is 278 g/mol. The van der Waals surface area contributed by atoms with E-state index in [1.165, 1.54) is 0 Å². The molecule has 0 radical (unpaired) electrons. The minimum absolute atomic E-state index is 0.0699. The van der Waals surface area contributed by atoms with E-state index in [0.717, 1.165) is 22.6 Å². The Balaban J connectivity index is 1.80. The second kappa shape index (κ2) is 7.50. The number of carbonyl (C=O) groups is 1. The van der Waals surface area contributed by atoms with Gasteiger partial charge in [-0.3, -0.25) is 4.79 Å². The summed E-state index contributed by atoms with van der Waals surface area (Å²) in [7, 11) is 1.62. The first-order chi connectivity index (χ1) is 10.6. The normalized spacial score (nSPS) is 10.1. The lowest BCUT2D eigenvalue weighted by atomic mass is 10.1. The van der Waals surface area contributed by atoms with Crippen molar-refractivity contribution in [3.05, 3.63) is 59.2 Å². The molecular formula is C18H21NO3. The Morgan fingerprint density at radius 3 is 2.41 bits per heavy atom. The van der Waals surface area contributed by atoms with E-state index in [-0.39, 0.29) is 5.91 Å². The number of carbonyl (C=O) groups excluding carboxylic acids is 1. The summed E-state index contributed by atoms with van der Waals surface area (Å²) < 4.78 is 10.7. The number of hydrogen-bond donors (Lipinski definition) is 1. The highest BCUT2D eigenvalue weighted by Gasteiger charge is 2.08. The monoisotopic (exact) mass is 299 g/mol. The average Bonchev–Trinajstić information content (AvgIpc) is 2.54. The van der Waals surface area contributed by atoms with E-state index in [9.17, 15) is 4.79 Å². The van der Waals surface area contributed by atoms with Gasteiger partial charge in [-0.2, -0.15) is 0 Å². The number of nitrogens with one attached hydrogen (secondary N) is 1. The van der Waals surface area contributed by atoms with Gasteiger partial charge in [-0.25, -0.2) is 0 Å². The maximum atomic E-state index is 12.1. The van der Waals surface area contributed by atoms with Crippen molar-refractivity contribution in [2.45, 2.75) is 13.8 Å². The van der Waals surface area contributed by atoms with Crippen molar-refractivity contribution in [2.24, 2.45) is 0 Å². The van der Waals surface area contributed by atoms with Crippen LogP contribution in [0.2, 0.25) is 0 Å². The molecule has 0 saturated carbocycles. The van der Waals surface area contributed by atoms with Gasteiger partial charge in [0.1, 0.15) is 18.1 Å². The molecule has 1 amide bonds. The summed E-state index contributed by atoms with van der Waals surface area (Å²) in [6, 6.07) is 13.2. The zero-order valence-electron chi connectivity index (χ0n) is 13.2. The molecule has 0 spiro atoms. The van der Waals surface area contributed by atoms with Gasteiger partial charge in [-0.05, 0) is 49.7 Å². The van der Waals surface area contributed by atoms with E-state index >= 15 is 0 Å².